The minimum absolute atomic E-state index is 0.0969. The van der Waals surface area contributed by atoms with Crippen molar-refractivity contribution in [2.24, 2.45) is 11.8 Å². The molecular weight excluding hydrogens is 411 g/mol. The van der Waals surface area contributed by atoms with Crippen molar-refractivity contribution in [2.75, 3.05) is 19.8 Å². The summed E-state index contributed by atoms with van der Waals surface area (Å²) >= 11 is 0. The van der Waals surface area contributed by atoms with Gasteiger partial charge in [0.2, 0.25) is 0 Å². The van der Waals surface area contributed by atoms with Gasteiger partial charge in [-0.05, 0) is 42.5 Å². The second-order valence-corrected chi connectivity index (χ2v) is 7.94. The van der Waals surface area contributed by atoms with Crippen LogP contribution in [0.25, 0.3) is 5.65 Å². The number of hydrogen-bond donors (Lipinski definition) is 0. The Hall–Kier alpha value is -2.94. The second-order valence-electron chi connectivity index (χ2n) is 7.94. The van der Waals surface area contributed by atoms with Crippen molar-refractivity contribution in [3.8, 4) is 5.75 Å². The molecule has 31 heavy (non-hydrogen) atoms. The maximum atomic E-state index is 12.9. The lowest BCUT2D eigenvalue weighted by Crippen LogP contribution is -2.13. The molecule has 0 N–H and O–H groups in total. The largest absolute Gasteiger partial charge is 0.490 e. The standard InChI is InChI=1S/C22H20F3N3O3/c1-2-31-18-7-12(6-17(29)15-4-3-5-19(26-15)22(23,24)25)8-28-9-16(27-21(18)28)20-13-10-30-11-14(13)20/h3-5,7-9,13-14,20H,2,6,10-11H2,1H3/t13-,14+,20?. The Morgan fingerprint density at radius 3 is 2.71 bits per heavy atom. The van der Waals surface area contributed by atoms with Gasteiger partial charge in [-0.3, -0.25) is 4.79 Å². The van der Waals surface area contributed by atoms with Gasteiger partial charge in [0, 0.05) is 24.7 Å². The number of aromatic nitrogens is 3. The monoisotopic (exact) mass is 431 g/mol. The van der Waals surface area contributed by atoms with Gasteiger partial charge in [-0.2, -0.15) is 13.2 Å². The fourth-order valence-electron chi connectivity index (χ4n) is 4.36. The molecule has 1 aliphatic carbocycles. The summed E-state index contributed by atoms with van der Waals surface area (Å²) in [6.07, 6.45) is -0.983. The maximum absolute atomic E-state index is 12.9. The van der Waals surface area contributed by atoms with Crippen LogP contribution >= 0.6 is 0 Å². The zero-order valence-corrected chi connectivity index (χ0v) is 16.7. The molecule has 6 nitrogen and oxygen atoms in total. The van der Waals surface area contributed by atoms with E-state index in [-0.39, 0.29) is 12.1 Å². The fraction of sp³-hybridized carbons (Fsp3) is 0.409. The van der Waals surface area contributed by atoms with E-state index < -0.39 is 17.7 Å². The Bertz CT molecular complexity index is 1150. The molecule has 2 aliphatic rings. The predicted octanol–water partition coefficient (Wildman–Crippen LogP) is 3.93. The van der Waals surface area contributed by atoms with Crippen molar-refractivity contribution in [1.82, 2.24) is 14.4 Å². The van der Waals surface area contributed by atoms with Crippen LogP contribution in [0, 0.1) is 11.8 Å². The van der Waals surface area contributed by atoms with E-state index in [1.54, 1.807) is 12.3 Å². The summed E-state index contributed by atoms with van der Waals surface area (Å²) in [4.78, 5) is 20.9. The van der Waals surface area contributed by atoms with Gasteiger partial charge in [0.05, 0.1) is 25.5 Å². The summed E-state index contributed by atoms with van der Waals surface area (Å²) in [6.45, 7) is 3.79. The van der Waals surface area contributed by atoms with E-state index in [1.807, 2.05) is 17.5 Å². The molecular formula is C22H20F3N3O3. The smallest absolute Gasteiger partial charge is 0.433 e. The molecule has 1 saturated heterocycles. The van der Waals surface area contributed by atoms with Crippen LogP contribution in [0.15, 0.2) is 36.7 Å². The van der Waals surface area contributed by atoms with E-state index in [9.17, 15) is 18.0 Å². The summed E-state index contributed by atoms with van der Waals surface area (Å²) in [5, 5.41) is 0. The van der Waals surface area contributed by atoms with Gasteiger partial charge in [-0.1, -0.05) is 6.07 Å². The molecule has 0 aromatic carbocycles. The Labute approximate surface area is 176 Å². The zero-order chi connectivity index (χ0) is 21.8. The first-order valence-corrected chi connectivity index (χ1v) is 10.1. The lowest BCUT2D eigenvalue weighted by Gasteiger charge is -2.09. The summed E-state index contributed by atoms with van der Waals surface area (Å²) in [6, 6.07) is 5.05. The van der Waals surface area contributed by atoms with Crippen LogP contribution in [-0.2, 0) is 17.3 Å². The van der Waals surface area contributed by atoms with Gasteiger partial charge in [0.1, 0.15) is 11.4 Å². The Morgan fingerprint density at radius 1 is 1.23 bits per heavy atom. The highest BCUT2D eigenvalue weighted by Crippen LogP contribution is 2.57. The molecule has 162 valence electrons. The topological polar surface area (TPSA) is 65.7 Å². The molecule has 3 aromatic heterocycles. The third-order valence-electron chi connectivity index (χ3n) is 5.88. The molecule has 3 atom stereocenters. The molecule has 1 aliphatic heterocycles. The summed E-state index contributed by atoms with van der Waals surface area (Å²) in [5.41, 5.74) is 0.953. The van der Waals surface area contributed by atoms with Gasteiger partial charge in [-0.15, -0.1) is 0 Å². The summed E-state index contributed by atoms with van der Waals surface area (Å²) in [7, 11) is 0. The minimum atomic E-state index is -4.60. The number of fused-ring (bicyclic) bond motifs is 2. The van der Waals surface area contributed by atoms with E-state index in [0.29, 0.717) is 41.3 Å². The van der Waals surface area contributed by atoms with E-state index in [0.717, 1.165) is 25.0 Å². The van der Waals surface area contributed by atoms with Crippen LogP contribution in [0.4, 0.5) is 13.2 Å². The number of imidazole rings is 1. The zero-order valence-electron chi connectivity index (χ0n) is 16.7. The van der Waals surface area contributed by atoms with Crippen LogP contribution in [0.3, 0.4) is 0 Å². The van der Waals surface area contributed by atoms with Crippen LogP contribution in [0.2, 0.25) is 0 Å². The van der Waals surface area contributed by atoms with E-state index in [1.165, 1.54) is 12.1 Å². The van der Waals surface area contributed by atoms with Crippen LogP contribution < -0.4 is 4.74 Å². The third kappa shape index (κ3) is 3.67. The molecule has 9 heteroatoms. The fourth-order valence-corrected chi connectivity index (χ4v) is 4.36. The summed E-state index contributed by atoms with van der Waals surface area (Å²) < 4.78 is 51.8. The first-order chi connectivity index (χ1) is 14.8. The molecule has 3 aromatic rings. The number of hydrogen-bond acceptors (Lipinski definition) is 5. The highest BCUT2D eigenvalue weighted by atomic mass is 19.4. The number of carbonyl (C=O) groups excluding carboxylic acids is 1. The molecule has 1 unspecified atom stereocenters. The van der Waals surface area contributed by atoms with Gasteiger partial charge >= 0.3 is 6.18 Å². The van der Waals surface area contributed by atoms with Gasteiger partial charge in [0.15, 0.2) is 17.2 Å². The third-order valence-corrected chi connectivity index (χ3v) is 5.88. The molecule has 0 amide bonds. The molecule has 0 radical (unpaired) electrons. The van der Waals surface area contributed by atoms with Gasteiger partial charge in [-0.25, -0.2) is 9.97 Å². The average Bonchev–Trinajstić information content (AvgIpc) is 3.07. The van der Waals surface area contributed by atoms with Crippen molar-refractivity contribution in [2.45, 2.75) is 25.4 Å². The average molecular weight is 431 g/mol. The number of halogens is 3. The lowest BCUT2D eigenvalue weighted by molar-refractivity contribution is -0.141. The van der Waals surface area contributed by atoms with Crippen molar-refractivity contribution in [1.29, 1.82) is 0 Å². The SMILES string of the molecule is CCOc1cc(CC(=O)c2cccc(C(F)(F)F)n2)cn2cc(C3[C@H]4COC[C@@H]34)nc12. The van der Waals surface area contributed by atoms with Crippen LogP contribution in [0.1, 0.15) is 40.3 Å². The first-order valence-electron chi connectivity index (χ1n) is 10.1. The number of nitrogens with zero attached hydrogens (tertiary/aromatic N) is 3. The highest BCUT2D eigenvalue weighted by molar-refractivity contribution is 5.95. The molecule has 4 heterocycles. The quantitative estimate of drug-likeness (QED) is 0.554. The Morgan fingerprint density at radius 2 is 2.00 bits per heavy atom. The maximum Gasteiger partial charge on any atom is 0.433 e. The minimum Gasteiger partial charge on any atom is -0.490 e. The van der Waals surface area contributed by atoms with E-state index >= 15 is 0 Å². The number of Topliss-reactive ketones (excluding diaryl/α,β-unsaturated/α-hetero) is 1. The molecule has 5 rings (SSSR count). The number of alkyl halides is 3. The summed E-state index contributed by atoms with van der Waals surface area (Å²) in [5.74, 6) is 1.43. The molecule has 0 spiro atoms. The van der Waals surface area contributed by atoms with Crippen molar-refractivity contribution in [3.05, 3.63) is 59.3 Å². The van der Waals surface area contributed by atoms with Gasteiger partial charge in [0.25, 0.3) is 0 Å². The number of carbonyl (C=O) groups is 1. The van der Waals surface area contributed by atoms with Gasteiger partial charge < -0.3 is 13.9 Å². The van der Waals surface area contributed by atoms with Crippen molar-refractivity contribution >= 4 is 11.4 Å². The number of ether oxygens (including phenoxy) is 2. The molecule has 2 fully saturated rings. The molecule has 0 bridgehead atoms. The Balaban J connectivity index is 1.44. The predicted molar refractivity (Wildman–Crippen MR) is 104 cm³/mol. The Kier molecular flexibility index (Phi) is 4.73. The lowest BCUT2D eigenvalue weighted by atomic mass is 10.1. The van der Waals surface area contributed by atoms with Crippen LogP contribution in [0.5, 0.6) is 5.75 Å². The first kappa shape index (κ1) is 20.0. The number of rotatable bonds is 6. The normalized spacial score (nSPS) is 22.5. The van der Waals surface area contributed by atoms with Crippen molar-refractivity contribution in [3.63, 3.8) is 0 Å². The second kappa shape index (κ2) is 7.33. The van der Waals surface area contributed by atoms with Crippen molar-refractivity contribution < 1.29 is 27.4 Å². The van der Waals surface area contributed by atoms with Crippen LogP contribution in [-0.4, -0.2) is 40.0 Å². The van der Waals surface area contributed by atoms with E-state index in [4.69, 9.17) is 14.5 Å². The number of ketones is 1. The van der Waals surface area contributed by atoms with E-state index in [2.05, 4.69) is 4.98 Å². The highest BCUT2D eigenvalue weighted by Gasteiger charge is 2.55. The molecule has 1 saturated carbocycles. The number of pyridine rings is 2.